The molecule has 1 aromatic heterocycles. The Kier molecular flexibility index (Phi) is 4.98. The number of hydrogen-bond donors (Lipinski definition) is 2. The van der Waals surface area contributed by atoms with Crippen LogP contribution in [0.15, 0.2) is 28.8 Å². The van der Waals surface area contributed by atoms with Gasteiger partial charge in [-0.15, -0.1) is 0 Å². The van der Waals surface area contributed by atoms with Gasteiger partial charge in [0.2, 0.25) is 0 Å². The first-order chi connectivity index (χ1) is 10.5. The Bertz CT molecular complexity index is 657. The van der Waals surface area contributed by atoms with Crippen molar-refractivity contribution < 1.29 is 18.4 Å². The highest BCUT2D eigenvalue weighted by Gasteiger charge is 2.12. The molecule has 0 radical (unpaired) electrons. The molecule has 1 atom stereocenters. The third-order valence-electron chi connectivity index (χ3n) is 3.13. The Morgan fingerprint density at radius 2 is 2.23 bits per heavy atom. The Balaban J connectivity index is 1.90. The summed E-state index contributed by atoms with van der Waals surface area (Å²) in [4.78, 5) is 11.8. The number of aryl methyl sites for hydroxylation is 1. The monoisotopic (exact) mass is 307 g/mol. The number of rotatable bonds is 5. The van der Waals surface area contributed by atoms with Crippen molar-refractivity contribution in [3.05, 3.63) is 47.1 Å². The van der Waals surface area contributed by atoms with Gasteiger partial charge < -0.3 is 19.9 Å². The maximum Gasteiger partial charge on any atom is 0.315 e. The van der Waals surface area contributed by atoms with Crippen molar-refractivity contribution in [3.8, 4) is 5.75 Å². The zero-order valence-corrected chi connectivity index (χ0v) is 12.6. The number of halogens is 1. The van der Waals surface area contributed by atoms with Crippen molar-refractivity contribution in [3.63, 3.8) is 0 Å². The highest BCUT2D eigenvalue weighted by molar-refractivity contribution is 5.74. The van der Waals surface area contributed by atoms with E-state index in [4.69, 9.17) is 9.26 Å². The van der Waals surface area contributed by atoms with E-state index in [1.165, 1.54) is 13.2 Å². The lowest BCUT2D eigenvalue weighted by Gasteiger charge is -2.15. The van der Waals surface area contributed by atoms with Crippen molar-refractivity contribution in [2.24, 2.45) is 0 Å². The third kappa shape index (κ3) is 3.97. The molecule has 2 N–H and O–H groups in total. The Morgan fingerprint density at radius 3 is 2.86 bits per heavy atom. The van der Waals surface area contributed by atoms with Crippen LogP contribution in [-0.4, -0.2) is 18.3 Å². The van der Waals surface area contributed by atoms with Crippen molar-refractivity contribution in [1.82, 2.24) is 15.8 Å². The van der Waals surface area contributed by atoms with Crippen LogP contribution in [0.2, 0.25) is 0 Å². The molecular weight excluding hydrogens is 289 g/mol. The number of amides is 2. The SMILES string of the molecule is COc1cc(C(C)NC(=O)NCc2cc(C)on2)ccc1F. The summed E-state index contributed by atoms with van der Waals surface area (Å²) in [6.07, 6.45) is 0. The summed E-state index contributed by atoms with van der Waals surface area (Å²) < 4.78 is 23.2. The molecule has 1 unspecified atom stereocenters. The molecule has 1 heterocycles. The molecule has 0 aliphatic rings. The largest absolute Gasteiger partial charge is 0.494 e. The van der Waals surface area contributed by atoms with E-state index in [-0.39, 0.29) is 24.4 Å². The van der Waals surface area contributed by atoms with E-state index < -0.39 is 5.82 Å². The quantitative estimate of drug-likeness (QED) is 0.890. The summed E-state index contributed by atoms with van der Waals surface area (Å²) in [5.41, 5.74) is 1.38. The zero-order chi connectivity index (χ0) is 16.1. The van der Waals surface area contributed by atoms with E-state index in [2.05, 4.69) is 15.8 Å². The summed E-state index contributed by atoms with van der Waals surface area (Å²) in [5, 5.41) is 9.21. The number of hydrogen-bond acceptors (Lipinski definition) is 4. The fourth-order valence-electron chi connectivity index (χ4n) is 1.95. The predicted molar refractivity (Wildman–Crippen MR) is 78.0 cm³/mol. The Morgan fingerprint density at radius 1 is 1.45 bits per heavy atom. The first kappa shape index (κ1) is 15.8. The van der Waals surface area contributed by atoms with E-state index in [1.807, 2.05) is 0 Å². The summed E-state index contributed by atoms with van der Waals surface area (Å²) in [5.74, 6) is 0.387. The van der Waals surface area contributed by atoms with Gasteiger partial charge in [-0.1, -0.05) is 11.2 Å². The lowest BCUT2D eigenvalue weighted by molar-refractivity contribution is 0.237. The van der Waals surface area contributed by atoms with Gasteiger partial charge in [-0.2, -0.15) is 0 Å². The minimum Gasteiger partial charge on any atom is -0.494 e. The smallest absolute Gasteiger partial charge is 0.315 e. The third-order valence-corrected chi connectivity index (χ3v) is 3.13. The van der Waals surface area contributed by atoms with Crippen molar-refractivity contribution in [1.29, 1.82) is 0 Å². The fraction of sp³-hybridized carbons (Fsp3) is 0.333. The molecule has 2 aromatic rings. The Hall–Kier alpha value is -2.57. The molecule has 1 aromatic carbocycles. The number of aromatic nitrogens is 1. The maximum atomic E-state index is 13.4. The highest BCUT2D eigenvalue weighted by Crippen LogP contribution is 2.22. The van der Waals surface area contributed by atoms with E-state index >= 15 is 0 Å². The number of nitrogens with zero attached hydrogens (tertiary/aromatic N) is 1. The topological polar surface area (TPSA) is 76.4 Å². The number of urea groups is 1. The summed E-state index contributed by atoms with van der Waals surface area (Å²) in [7, 11) is 1.40. The van der Waals surface area contributed by atoms with E-state index in [1.54, 1.807) is 32.0 Å². The first-order valence-corrected chi connectivity index (χ1v) is 6.79. The van der Waals surface area contributed by atoms with Gasteiger partial charge in [-0.25, -0.2) is 9.18 Å². The standard InChI is InChI=1S/C15H18FN3O3/c1-9-6-12(19-22-9)8-17-15(20)18-10(2)11-4-5-13(16)14(7-11)21-3/h4-7,10H,8H2,1-3H3,(H2,17,18,20). The number of benzene rings is 1. The number of nitrogens with one attached hydrogen (secondary N) is 2. The average Bonchev–Trinajstić information content (AvgIpc) is 2.91. The lowest BCUT2D eigenvalue weighted by Crippen LogP contribution is -2.36. The molecule has 118 valence electrons. The summed E-state index contributed by atoms with van der Waals surface area (Å²) >= 11 is 0. The minimum absolute atomic E-state index is 0.143. The highest BCUT2D eigenvalue weighted by atomic mass is 19.1. The molecule has 6 nitrogen and oxygen atoms in total. The van der Waals surface area contributed by atoms with Gasteiger partial charge in [0.1, 0.15) is 11.5 Å². The van der Waals surface area contributed by atoms with Gasteiger partial charge in [0.05, 0.1) is 19.7 Å². The normalized spacial score (nSPS) is 11.8. The van der Waals surface area contributed by atoms with Gasteiger partial charge in [0, 0.05) is 6.07 Å². The van der Waals surface area contributed by atoms with Crippen molar-refractivity contribution in [2.45, 2.75) is 26.4 Å². The molecule has 0 spiro atoms. The van der Waals surface area contributed by atoms with Crippen LogP contribution in [0.5, 0.6) is 5.75 Å². The van der Waals surface area contributed by atoms with Gasteiger partial charge in [-0.05, 0) is 31.5 Å². The van der Waals surface area contributed by atoms with Gasteiger partial charge >= 0.3 is 6.03 Å². The van der Waals surface area contributed by atoms with Crippen LogP contribution in [0.25, 0.3) is 0 Å². The number of carbonyl (C=O) groups excluding carboxylic acids is 1. The van der Waals surface area contributed by atoms with E-state index in [0.29, 0.717) is 11.5 Å². The molecule has 0 saturated carbocycles. The zero-order valence-electron chi connectivity index (χ0n) is 12.6. The minimum atomic E-state index is -0.440. The summed E-state index contributed by atoms with van der Waals surface area (Å²) in [6, 6.07) is 5.56. The van der Waals surface area contributed by atoms with E-state index in [0.717, 1.165) is 5.56 Å². The molecule has 22 heavy (non-hydrogen) atoms. The second kappa shape index (κ2) is 6.93. The average molecular weight is 307 g/mol. The molecular formula is C15H18FN3O3. The van der Waals surface area contributed by atoms with Crippen LogP contribution in [0.4, 0.5) is 9.18 Å². The molecule has 0 aliphatic heterocycles. The van der Waals surface area contributed by atoms with Crippen LogP contribution in [0.3, 0.4) is 0 Å². The first-order valence-electron chi connectivity index (χ1n) is 6.79. The molecule has 2 amide bonds. The fourth-order valence-corrected chi connectivity index (χ4v) is 1.95. The van der Waals surface area contributed by atoms with Gasteiger partial charge in [0.15, 0.2) is 11.6 Å². The van der Waals surface area contributed by atoms with Crippen LogP contribution in [-0.2, 0) is 6.54 Å². The predicted octanol–water partition coefficient (Wildman–Crippen LogP) is 2.69. The van der Waals surface area contributed by atoms with Crippen LogP contribution in [0.1, 0.15) is 30.0 Å². The van der Waals surface area contributed by atoms with Crippen molar-refractivity contribution >= 4 is 6.03 Å². The lowest BCUT2D eigenvalue weighted by atomic mass is 10.1. The second-order valence-corrected chi connectivity index (χ2v) is 4.87. The molecule has 7 heteroatoms. The Labute approximate surface area is 127 Å². The summed E-state index contributed by atoms with van der Waals surface area (Å²) in [6.45, 7) is 3.84. The number of ether oxygens (including phenoxy) is 1. The molecule has 0 bridgehead atoms. The van der Waals surface area contributed by atoms with Crippen molar-refractivity contribution in [2.75, 3.05) is 7.11 Å². The number of carbonyl (C=O) groups is 1. The second-order valence-electron chi connectivity index (χ2n) is 4.87. The van der Waals surface area contributed by atoms with E-state index in [9.17, 15) is 9.18 Å². The maximum absolute atomic E-state index is 13.4. The molecule has 0 saturated heterocycles. The van der Waals surface area contributed by atoms with Gasteiger partial charge in [0.25, 0.3) is 0 Å². The van der Waals surface area contributed by atoms with Crippen LogP contribution < -0.4 is 15.4 Å². The van der Waals surface area contributed by atoms with Crippen LogP contribution >= 0.6 is 0 Å². The molecule has 2 rings (SSSR count). The molecule has 0 aliphatic carbocycles. The molecule has 0 fully saturated rings. The number of methoxy groups -OCH3 is 1. The van der Waals surface area contributed by atoms with Gasteiger partial charge in [-0.3, -0.25) is 0 Å². The van der Waals surface area contributed by atoms with Crippen LogP contribution in [0, 0.1) is 12.7 Å².